The predicted molar refractivity (Wildman–Crippen MR) is 71.5 cm³/mol. The summed E-state index contributed by atoms with van der Waals surface area (Å²) in [5.41, 5.74) is 0.636. The van der Waals surface area contributed by atoms with Gasteiger partial charge in [0.05, 0.1) is 13.3 Å². The number of nitrogens with zero attached hydrogens (tertiary/aromatic N) is 1. The zero-order valence-electron chi connectivity index (χ0n) is 10.8. The van der Waals surface area contributed by atoms with E-state index in [2.05, 4.69) is 10.3 Å². The van der Waals surface area contributed by atoms with Crippen LogP contribution in [-0.4, -0.2) is 23.2 Å². The molecule has 1 aromatic carbocycles. The molecule has 1 heterocycles. The average molecular weight is 276 g/mol. The second kappa shape index (κ2) is 6.01. The average Bonchev–Trinajstić information content (AvgIpc) is 2.46. The Bertz CT molecular complexity index is 632. The third kappa shape index (κ3) is 3.03. The summed E-state index contributed by atoms with van der Waals surface area (Å²) < 4.78 is 18.2. The molecule has 6 heteroatoms. The van der Waals surface area contributed by atoms with Gasteiger partial charge in [0.15, 0.2) is 0 Å². The maximum absolute atomic E-state index is 13.0. The quantitative estimate of drug-likeness (QED) is 0.878. The smallest absolute Gasteiger partial charge is 0.339 e. The number of carboxylic acid groups (broad SMARTS) is 1. The number of pyridine rings is 1. The first-order chi connectivity index (χ1) is 9.61. The number of aromatic carboxylic acids is 1. The number of ether oxygens (including phenoxy) is 1. The number of nitrogens with one attached hydrogen (secondary N) is 1. The molecule has 0 amide bonds. The van der Waals surface area contributed by atoms with Crippen LogP contribution in [0.2, 0.25) is 0 Å². The Kier molecular flexibility index (Phi) is 4.14. The third-order valence-corrected chi connectivity index (χ3v) is 2.72. The van der Waals surface area contributed by atoms with Gasteiger partial charge in [-0.15, -0.1) is 0 Å². The third-order valence-electron chi connectivity index (χ3n) is 2.72. The molecule has 0 atom stereocenters. The number of carboxylic acids is 1. The Morgan fingerprint density at radius 3 is 2.90 bits per heavy atom. The van der Waals surface area contributed by atoms with Crippen molar-refractivity contribution in [1.29, 1.82) is 0 Å². The van der Waals surface area contributed by atoms with E-state index in [-0.39, 0.29) is 11.4 Å². The second-order valence-corrected chi connectivity index (χ2v) is 4.02. The topological polar surface area (TPSA) is 71.5 Å². The molecule has 0 saturated carbocycles. The first-order valence-electron chi connectivity index (χ1n) is 5.86. The van der Waals surface area contributed by atoms with Crippen molar-refractivity contribution in [3.63, 3.8) is 0 Å². The van der Waals surface area contributed by atoms with E-state index in [1.165, 1.54) is 0 Å². The number of carbonyl (C=O) groups is 1. The van der Waals surface area contributed by atoms with Gasteiger partial charge in [-0.05, 0) is 12.1 Å². The van der Waals surface area contributed by atoms with Crippen molar-refractivity contribution < 1.29 is 19.0 Å². The number of anilines is 1. The van der Waals surface area contributed by atoms with Crippen LogP contribution in [0.4, 0.5) is 10.2 Å². The molecule has 20 heavy (non-hydrogen) atoms. The van der Waals surface area contributed by atoms with E-state index >= 15 is 0 Å². The van der Waals surface area contributed by atoms with Crippen molar-refractivity contribution in [3.8, 4) is 5.75 Å². The second-order valence-electron chi connectivity index (χ2n) is 4.02. The fourth-order valence-corrected chi connectivity index (χ4v) is 1.77. The zero-order chi connectivity index (χ0) is 14.5. The zero-order valence-corrected chi connectivity index (χ0v) is 10.8. The van der Waals surface area contributed by atoms with E-state index in [0.717, 1.165) is 17.8 Å². The number of para-hydroxylation sites is 1. The molecule has 0 unspecified atom stereocenters. The monoisotopic (exact) mass is 276 g/mol. The van der Waals surface area contributed by atoms with Gasteiger partial charge in [0.2, 0.25) is 0 Å². The highest BCUT2D eigenvalue weighted by atomic mass is 19.1. The molecule has 0 aliphatic carbocycles. The van der Waals surface area contributed by atoms with Crippen molar-refractivity contribution in [2.24, 2.45) is 0 Å². The summed E-state index contributed by atoms with van der Waals surface area (Å²) in [5, 5.41) is 11.9. The summed E-state index contributed by atoms with van der Waals surface area (Å²) in [4.78, 5) is 14.8. The molecule has 2 aromatic rings. The highest BCUT2D eigenvalue weighted by molar-refractivity contribution is 5.93. The normalized spacial score (nSPS) is 10.1. The standard InChI is InChI=1S/C14H13FN2O3/c1-20-12-5-3-2-4-9(12)7-16-13-11(14(18)19)6-10(15)8-17-13/h2-6,8H,7H2,1H3,(H,16,17)(H,18,19). The lowest BCUT2D eigenvalue weighted by Gasteiger charge is -2.11. The SMILES string of the molecule is COc1ccccc1CNc1ncc(F)cc1C(=O)O. The summed E-state index contributed by atoms with van der Waals surface area (Å²) in [7, 11) is 1.55. The van der Waals surface area contributed by atoms with Gasteiger partial charge in [0.25, 0.3) is 0 Å². The van der Waals surface area contributed by atoms with Gasteiger partial charge < -0.3 is 15.2 Å². The van der Waals surface area contributed by atoms with Crippen molar-refractivity contribution in [2.75, 3.05) is 12.4 Å². The predicted octanol–water partition coefficient (Wildman–Crippen LogP) is 2.54. The van der Waals surface area contributed by atoms with E-state index in [1.807, 2.05) is 18.2 Å². The largest absolute Gasteiger partial charge is 0.496 e. The van der Waals surface area contributed by atoms with Gasteiger partial charge >= 0.3 is 5.97 Å². The Labute approximate surface area is 115 Å². The number of hydrogen-bond acceptors (Lipinski definition) is 4. The highest BCUT2D eigenvalue weighted by Crippen LogP contribution is 2.20. The number of benzene rings is 1. The Hall–Kier alpha value is -2.63. The molecule has 0 spiro atoms. The minimum Gasteiger partial charge on any atom is -0.496 e. The first-order valence-corrected chi connectivity index (χ1v) is 5.86. The Morgan fingerprint density at radius 2 is 2.20 bits per heavy atom. The van der Waals surface area contributed by atoms with Crippen molar-refractivity contribution in [3.05, 3.63) is 53.5 Å². The van der Waals surface area contributed by atoms with Gasteiger partial charge in [0.1, 0.15) is 22.9 Å². The Balaban J connectivity index is 2.21. The van der Waals surface area contributed by atoms with Crippen molar-refractivity contribution >= 4 is 11.8 Å². The summed E-state index contributed by atoms with van der Waals surface area (Å²) >= 11 is 0. The molecule has 2 rings (SSSR count). The van der Waals surface area contributed by atoms with Gasteiger partial charge in [-0.1, -0.05) is 18.2 Å². The maximum atomic E-state index is 13.0. The summed E-state index contributed by atoms with van der Waals surface area (Å²) in [6.45, 7) is 0.322. The number of rotatable bonds is 5. The minimum absolute atomic E-state index is 0.116. The lowest BCUT2D eigenvalue weighted by molar-refractivity contribution is 0.0697. The molecule has 2 N–H and O–H groups in total. The highest BCUT2D eigenvalue weighted by Gasteiger charge is 2.13. The van der Waals surface area contributed by atoms with E-state index < -0.39 is 11.8 Å². The number of methoxy groups -OCH3 is 1. The van der Waals surface area contributed by atoms with Crippen LogP contribution in [0.15, 0.2) is 36.5 Å². The Morgan fingerprint density at radius 1 is 1.45 bits per heavy atom. The molecule has 0 saturated heterocycles. The fourth-order valence-electron chi connectivity index (χ4n) is 1.77. The van der Waals surface area contributed by atoms with E-state index in [0.29, 0.717) is 12.3 Å². The molecule has 1 aromatic heterocycles. The van der Waals surface area contributed by atoms with Crippen LogP contribution in [0.25, 0.3) is 0 Å². The van der Waals surface area contributed by atoms with E-state index in [1.54, 1.807) is 13.2 Å². The summed E-state index contributed by atoms with van der Waals surface area (Å²) in [6, 6.07) is 8.25. The molecule has 104 valence electrons. The van der Waals surface area contributed by atoms with Gasteiger partial charge in [0, 0.05) is 12.1 Å². The van der Waals surface area contributed by atoms with Crippen LogP contribution in [0.1, 0.15) is 15.9 Å². The molecular formula is C14H13FN2O3. The lowest BCUT2D eigenvalue weighted by atomic mass is 10.2. The molecule has 0 aliphatic rings. The molecule has 0 radical (unpaired) electrons. The van der Waals surface area contributed by atoms with Crippen LogP contribution in [0.3, 0.4) is 0 Å². The van der Waals surface area contributed by atoms with Crippen LogP contribution < -0.4 is 10.1 Å². The van der Waals surface area contributed by atoms with Crippen LogP contribution >= 0.6 is 0 Å². The van der Waals surface area contributed by atoms with E-state index in [9.17, 15) is 9.18 Å². The fraction of sp³-hybridized carbons (Fsp3) is 0.143. The van der Waals surface area contributed by atoms with Gasteiger partial charge in [-0.25, -0.2) is 14.2 Å². The van der Waals surface area contributed by atoms with Gasteiger partial charge in [-0.2, -0.15) is 0 Å². The summed E-state index contributed by atoms with van der Waals surface area (Å²) in [6.07, 6.45) is 0.969. The molecule has 0 fully saturated rings. The molecule has 0 aliphatic heterocycles. The first kappa shape index (κ1) is 13.8. The molecule has 0 bridgehead atoms. The van der Waals surface area contributed by atoms with Crippen LogP contribution in [-0.2, 0) is 6.54 Å². The maximum Gasteiger partial charge on any atom is 0.339 e. The van der Waals surface area contributed by atoms with Crippen molar-refractivity contribution in [1.82, 2.24) is 4.98 Å². The van der Waals surface area contributed by atoms with Crippen LogP contribution in [0.5, 0.6) is 5.75 Å². The molecular weight excluding hydrogens is 263 g/mol. The van der Waals surface area contributed by atoms with Gasteiger partial charge in [-0.3, -0.25) is 0 Å². The van der Waals surface area contributed by atoms with Crippen LogP contribution in [0, 0.1) is 5.82 Å². The minimum atomic E-state index is -1.24. The summed E-state index contributed by atoms with van der Waals surface area (Å²) in [5.74, 6) is -1.13. The number of aromatic nitrogens is 1. The number of halogens is 1. The number of hydrogen-bond donors (Lipinski definition) is 2. The van der Waals surface area contributed by atoms with E-state index in [4.69, 9.17) is 9.84 Å². The molecule has 5 nitrogen and oxygen atoms in total. The van der Waals surface area contributed by atoms with Crippen molar-refractivity contribution in [2.45, 2.75) is 6.54 Å². The lowest BCUT2D eigenvalue weighted by Crippen LogP contribution is -2.09.